The van der Waals surface area contributed by atoms with Crippen LogP contribution in [0.1, 0.15) is 51.9 Å². The van der Waals surface area contributed by atoms with Crippen LogP contribution in [0.4, 0.5) is 4.79 Å². The van der Waals surface area contributed by atoms with Crippen LogP contribution < -0.4 is 10.6 Å². The molecule has 0 radical (unpaired) electrons. The van der Waals surface area contributed by atoms with Gasteiger partial charge in [-0.2, -0.15) is 0 Å². The number of carbonyl (C=O) groups excluding carboxylic acids is 1. The molecular weight excluding hydrogens is 232 g/mol. The molecule has 0 heterocycles. The maximum absolute atomic E-state index is 11.4. The van der Waals surface area contributed by atoms with Gasteiger partial charge in [0.25, 0.3) is 0 Å². The van der Waals surface area contributed by atoms with Gasteiger partial charge >= 0.3 is 12.0 Å². The minimum absolute atomic E-state index is 0.0892. The second-order valence-electron chi connectivity index (χ2n) is 5.48. The monoisotopic (exact) mass is 256 g/mol. The van der Waals surface area contributed by atoms with Crippen LogP contribution in [0.2, 0.25) is 0 Å². The van der Waals surface area contributed by atoms with Crippen molar-refractivity contribution in [3.63, 3.8) is 0 Å². The highest BCUT2D eigenvalue weighted by Gasteiger charge is 2.37. The summed E-state index contributed by atoms with van der Waals surface area (Å²) in [5, 5.41) is 14.1. The third-order valence-electron chi connectivity index (χ3n) is 3.38. The van der Waals surface area contributed by atoms with Crippen LogP contribution in [0.25, 0.3) is 0 Å². The highest BCUT2D eigenvalue weighted by molar-refractivity contribution is 5.73. The van der Waals surface area contributed by atoms with Crippen molar-refractivity contribution in [2.45, 2.75) is 51.9 Å². The van der Waals surface area contributed by atoms with Crippen LogP contribution in [0.3, 0.4) is 0 Å². The van der Waals surface area contributed by atoms with Gasteiger partial charge in [-0.3, -0.25) is 4.79 Å². The molecule has 0 aromatic heterocycles. The summed E-state index contributed by atoms with van der Waals surface area (Å²) in [6, 6.07) is -0.0892. The predicted molar refractivity (Wildman–Crippen MR) is 69.5 cm³/mol. The van der Waals surface area contributed by atoms with Crippen molar-refractivity contribution >= 4 is 12.0 Å². The van der Waals surface area contributed by atoms with Gasteiger partial charge in [0.2, 0.25) is 0 Å². The molecule has 1 aliphatic rings. The van der Waals surface area contributed by atoms with E-state index in [1.54, 1.807) is 0 Å². The molecule has 5 heteroatoms. The molecule has 0 atom stereocenters. The number of carboxylic acids is 1. The zero-order valence-electron chi connectivity index (χ0n) is 11.1. The highest BCUT2D eigenvalue weighted by atomic mass is 16.4. The van der Waals surface area contributed by atoms with E-state index in [0.29, 0.717) is 12.0 Å². The molecule has 0 aromatic carbocycles. The van der Waals surface area contributed by atoms with E-state index < -0.39 is 5.97 Å². The van der Waals surface area contributed by atoms with E-state index in [9.17, 15) is 9.59 Å². The Balaban J connectivity index is 1.85. The average molecular weight is 256 g/mol. The number of carboxylic acid groups (broad SMARTS) is 1. The first-order chi connectivity index (χ1) is 8.52. The number of carbonyl (C=O) groups is 2. The number of aliphatic carboxylic acids is 1. The number of rotatable bonds is 9. The lowest BCUT2D eigenvalue weighted by Gasteiger charge is -2.11. The van der Waals surface area contributed by atoms with Crippen molar-refractivity contribution in [1.82, 2.24) is 10.6 Å². The van der Waals surface area contributed by atoms with E-state index >= 15 is 0 Å². The third-order valence-corrected chi connectivity index (χ3v) is 3.38. The molecule has 0 spiro atoms. The normalized spacial score (nSPS) is 16.1. The lowest BCUT2D eigenvalue weighted by Crippen LogP contribution is -2.38. The predicted octanol–water partition coefficient (Wildman–Crippen LogP) is 2.12. The molecule has 0 aliphatic heterocycles. The van der Waals surface area contributed by atoms with Gasteiger partial charge in [-0.25, -0.2) is 4.79 Å². The summed E-state index contributed by atoms with van der Waals surface area (Å²) in [6.45, 7) is 3.60. The summed E-state index contributed by atoms with van der Waals surface area (Å²) in [7, 11) is 0. The second-order valence-corrected chi connectivity index (χ2v) is 5.48. The summed E-state index contributed by atoms with van der Waals surface area (Å²) in [5.41, 5.74) is 0.341. The SMILES string of the molecule is CC1(CNC(=O)NCCCCCCC(=O)O)CC1. The highest BCUT2D eigenvalue weighted by Crippen LogP contribution is 2.43. The van der Waals surface area contributed by atoms with Crippen LogP contribution in [0, 0.1) is 5.41 Å². The quantitative estimate of drug-likeness (QED) is 0.553. The van der Waals surface area contributed by atoms with Crippen molar-refractivity contribution in [1.29, 1.82) is 0 Å². The smallest absolute Gasteiger partial charge is 0.314 e. The second kappa shape index (κ2) is 7.24. The summed E-state index contributed by atoms with van der Waals surface area (Å²) >= 11 is 0. The van der Waals surface area contributed by atoms with Crippen molar-refractivity contribution in [3.8, 4) is 0 Å². The standard InChI is InChI=1S/C13H24N2O3/c1-13(7-8-13)10-15-12(18)14-9-5-3-2-4-6-11(16)17/h2-10H2,1H3,(H,16,17)(H2,14,15,18). The number of hydrogen-bond donors (Lipinski definition) is 3. The Morgan fingerprint density at radius 3 is 2.39 bits per heavy atom. The Bertz CT molecular complexity index is 288. The van der Waals surface area contributed by atoms with Gasteiger partial charge in [0.1, 0.15) is 0 Å². The molecule has 2 amide bonds. The van der Waals surface area contributed by atoms with E-state index in [2.05, 4.69) is 17.6 Å². The van der Waals surface area contributed by atoms with E-state index in [1.165, 1.54) is 12.8 Å². The number of unbranched alkanes of at least 4 members (excludes halogenated alkanes) is 3. The van der Waals surface area contributed by atoms with Gasteiger partial charge in [0.15, 0.2) is 0 Å². The molecule has 5 nitrogen and oxygen atoms in total. The minimum atomic E-state index is -0.735. The lowest BCUT2D eigenvalue weighted by molar-refractivity contribution is -0.137. The molecule has 0 bridgehead atoms. The molecule has 3 N–H and O–H groups in total. The van der Waals surface area contributed by atoms with Crippen molar-refractivity contribution in [2.24, 2.45) is 5.41 Å². The summed E-state index contributed by atoms with van der Waals surface area (Å²) in [4.78, 5) is 21.7. The van der Waals surface area contributed by atoms with Gasteiger partial charge in [-0.05, 0) is 31.1 Å². The van der Waals surface area contributed by atoms with Crippen LogP contribution in [0.5, 0.6) is 0 Å². The summed E-state index contributed by atoms with van der Waals surface area (Å²) in [6.07, 6.45) is 6.16. The van der Waals surface area contributed by atoms with Crippen molar-refractivity contribution in [2.75, 3.05) is 13.1 Å². The Hall–Kier alpha value is -1.26. The molecule has 1 aliphatic carbocycles. The van der Waals surface area contributed by atoms with Crippen molar-refractivity contribution < 1.29 is 14.7 Å². The maximum atomic E-state index is 11.4. The number of hydrogen-bond acceptors (Lipinski definition) is 2. The topological polar surface area (TPSA) is 78.4 Å². The number of amides is 2. The fourth-order valence-electron chi connectivity index (χ4n) is 1.70. The first kappa shape index (κ1) is 14.8. The molecule has 0 aromatic rings. The molecule has 18 heavy (non-hydrogen) atoms. The molecule has 1 rings (SSSR count). The van der Waals surface area contributed by atoms with E-state index in [-0.39, 0.29) is 12.5 Å². The zero-order valence-corrected chi connectivity index (χ0v) is 11.1. The fourth-order valence-corrected chi connectivity index (χ4v) is 1.70. The Kier molecular flexibility index (Phi) is 5.95. The van der Waals surface area contributed by atoms with Gasteiger partial charge in [-0.1, -0.05) is 19.8 Å². The van der Waals surface area contributed by atoms with Crippen molar-refractivity contribution in [3.05, 3.63) is 0 Å². The van der Waals surface area contributed by atoms with Gasteiger partial charge in [-0.15, -0.1) is 0 Å². The lowest BCUT2D eigenvalue weighted by atomic mass is 10.1. The third kappa shape index (κ3) is 7.14. The number of urea groups is 1. The Morgan fingerprint density at radius 2 is 1.78 bits per heavy atom. The van der Waals surface area contributed by atoms with Crippen LogP contribution in [0.15, 0.2) is 0 Å². The first-order valence-corrected chi connectivity index (χ1v) is 6.75. The fraction of sp³-hybridized carbons (Fsp3) is 0.846. The van der Waals surface area contributed by atoms with Crippen LogP contribution >= 0.6 is 0 Å². The molecular formula is C13H24N2O3. The summed E-state index contributed by atoms with van der Waals surface area (Å²) < 4.78 is 0. The molecule has 1 saturated carbocycles. The van der Waals surface area contributed by atoms with E-state index in [0.717, 1.165) is 32.2 Å². The molecule has 0 saturated heterocycles. The maximum Gasteiger partial charge on any atom is 0.314 e. The van der Waals surface area contributed by atoms with Crippen LogP contribution in [-0.4, -0.2) is 30.2 Å². The zero-order chi connectivity index (χ0) is 13.4. The number of nitrogens with one attached hydrogen (secondary N) is 2. The molecule has 0 unspecified atom stereocenters. The largest absolute Gasteiger partial charge is 0.481 e. The molecule has 1 fully saturated rings. The van der Waals surface area contributed by atoms with Gasteiger partial charge in [0, 0.05) is 19.5 Å². The Morgan fingerprint density at radius 1 is 1.11 bits per heavy atom. The van der Waals surface area contributed by atoms with Crippen LogP contribution in [-0.2, 0) is 4.79 Å². The van der Waals surface area contributed by atoms with Gasteiger partial charge in [0.05, 0.1) is 0 Å². The summed E-state index contributed by atoms with van der Waals surface area (Å²) in [5.74, 6) is -0.735. The van der Waals surface area contributed by atoms with E-state index in [4.69, 9.17) is 5.11 Å². The minimum Gasteiger partial charge on any atom is -0.481 e. The Labute approximate surface area is 108 Å². The average Bonchev–Trinajstić information content (AvgIpc) is 3.04. The van der Waals surface area contributed by atoms with E-state index in [1.807, 2.05) is 0 Å². The first-order valence-electron chi connectivity index (χ1n) is 6.75. The van der Waals surface area contributed by atoms with Gasteiger partial charge < -0.3 is 15.7 Å². The molecule has 104 valence electrons.